The summed E-state index contributed by atoms with van der Waals surface area (Å²) >= 11 is 0. The van der Waals surface area contributed by atoms with Crippen LogP contribution >= 0.6 is 0 Å². The van der Waals surface area contributed by atoms with Gasteiger partial charge in [-0.15, -0.1) is 0 Å². The van der Waals surface area contributed by atoms with E-state index in [9.17, 15) is 4.79 Å². The molecule has 1 saturated carbocycles. The predicted octanol–water partition coefficient (Wildman–Crippen LogP) is 1.81. The van der Waals surface area contributed by atoms with Crippen molar-refractivity contribution in [3.05, 3.63) is 0 Å². The molecule has 0 saturated heterocycles. The van der Waals surface area contributed by atoms with Gasteiger partial charge in [0.1, 0.15) is 0 Å². The minimum atomic E-state index is -0.608. The lowest BCUT2D eigenvalue weighted by atomic mass is 9.82. The van der Waals surface area contributed by atoms with Gasteiger partial charge in [-0.2, -0.15) is 0 Å². The van der Waals surface area contributed by atoms with Crippen LogP contribution in [0.4, 0.5) is 0 Å². The third kappa shape index (κ3) is 5.36. The van der Waals surface area contributed by atoms with E-state index in [0.717, 1.165) is 58.4 Å². The molecule has 0 aromatic heterocycles. The van der Waals surface area contributed by atoms with Crippen LogP contribution in [0.3, 0.4) is 0 Å². The normalized spacial score (nSPS) is 24.4. The zero-order valence-electron chi connectivity index (χ0n) is 11.8. The standard InChI is InChI=1S/C14H28N2O2/c1-3-16(4-2)10-9-15-11-12-5-7-13(8-6-12)14(17)18/h12-13,15H,3-11H2,1-2H3,(H,17,18). The summed E-state index contributed by atoms with van der Waals surface area (Å²) in [4.78, 5) is 13.3. The summed E-state index contributed by atoms with van der Waals surface area (Å²) in [6.07, 6.45) is 3.85. The van der Waals surface area contributed by atoms with Crippen molar-refractivity contribution in [3.8, 4) is 0 Å². The Balaban J connectivity index is 2.06. The molecule has 0 radical (unpaired) electrons. The van der Waals surface area contributed by atoms with E-state index in [-0.39, 0.29) is 5.92 Å². The first-order valence-electron chi connectivity index (χ1n) is 7.33. The quantitative estimate of drug-likeness (QED) is 0.650. The molecule has 0 aromatic carbocycles. The van der Waals surface area contributed by atoms with Crippen LogP contribution in [0.2, 0.25) is 0 Å². The van der Waals surface area contributed by atoms with Crippen LogP contribution in [0.5, 0.6) is 0 Å². The smallest absolute Gasteiger partial charge is 0.306 e. The maximum Gasteiger partial charge on any atom is 0.306 e. The van der Waals surface area contributed by atoms with Crippen LogP contribution < -0.4 is 5.32 Å². The Bertz CT molecular complexity index is 234. The van der Waals surface area contributed by atoms with Gasteiger partial charge in [0, 0.05) is 13.1 Å². The number of carboxylic acids is 1. The molecule has 1 aliphatic carbocycles. The van der Waals surface area contributed by atoms with Crippen LogP contribution in [-0.2, 0) is 4.79 Å². The zero-order valence-corrected chi connectivity index (χ0v) is 11.8. The second-order valence-corrected chi connectivity index (χ2v) is 5.29. The van der Waals surface area contributed by atoms with Gasteiger partial charge < -0.3 is 15.3 Å². The highest BCUT2D eigenvalue weighted by atomic mass is 16.4. The van der Waals surface area contributed by atoms with Crippen LogP contribution in [-0.4, -0.2) is 48.7 Å². The predicted molar refractivity (Wildman–Crippen MR) is 73.7 cm³/mol. The van der Waals surface area contributed by atoms with Crippen molar-refractivity contribution >= 4 is 5.97 Å². The summed E-state index contributed by atoms with van der Waals surface area (Å²) in [5.74, 6) is -0.0165. The van der Waals surface area contributed by atoms with Gasteiger partial charge in [0.2, 0.25) is 0 Å². The Labute approximate surface area is 111 Å². The molecule has 0 aromatic rings. The first-order valence-corrected chi connectivity index (χ1v) is 7.33. The zero-order chi connectivity index (χ0) is 13.4. The Kier molecular flexibility index (Phi) is 7.28. The van der Waals surface area contributed by atoms with Gasteiger partial charge in [0.25, 0.3) is 0 Å². The van der Waals surface area contributed by atoms with Crippen LogP contribution in [0.1, 0.15) is 39.5 Å². The minimum Gasteiger partial charge on any atom is -0.481 e. The fraction of sp³-hybridized carbons (Fsp3) is 0.929. The van der Waals surface area contributed by atoms with Gasteiger partial charge in [0.15, 0.2) is 0 Å². The number of nitrogens with one attached hydrogen (secondary N) is 1. The van der Waals surface area contributed by atoms with E-state index in [2.05, 4.69) is 24.1 Å². The summed E-state index contributed by atoms with van der Waals surface area (Å²) in [5.41, 5.74) is 0. The fourth-order valence-electron chi connectivity index (χ4n) is 2.70. The summed E-state index contributed by atoms with van der Waals surface area (Å²) in [7, 11) is 0. The molecule has 0 amide bonds. The second-order valence-electron chi connectivity index (χ2n) is 5.29. The third-order valence-corrected chi connectivity index (χ3v) is 4.13. The van der Waals surface area contributed by atoms with Gasteiger partial charge in [-0.25, -0.2) is 0 Å². The number of likely N-dealkylation sites (N-methyl/N-ethyl adjacent to an activating group) is 1. The molecule has 1 fully saturated rings. The first-order chi connectivity index (χ1) is 8.67. The highest BCUT2D eigenvalue weighted by molar-refractivity contribution is 5.69. The summed E-state index contributed by atoms with van der Waals surface area (Å²) in [6.45, 7) is 9.81. The maximum absolute atomic E-state index is 10.8. The minimum absolute atomic E-state index is 0.0862. The topological polar surface area (TPSA) is 52.6 Å². The third-order valence-electron chi connectivity index (χ3n) is 4.13. The number of carboxylic acid groups (broad SMARTS) is 1. The molecule has 4 nitrogen and oxygen atoms in total. The SMILES string of the molecule is CCN(CC)CCNCC1CCC(C(=O)O)CC1. The Hall–Kier alpha value is -0.610. The Morgan fingerprint density at radius 2 is 1.83 bits per heavy atom. The Morgan fingerprint density at radius 1 is 1.22 bits per heavy atom. The molecule has 0 heterocycles. The molecule has 1 aliphatic rings. The number of hydrogen-bond donors (Lipinski definition) is 2. The van der Waals surface area contributed by atoms with Crippen molar-refractivity contribution in [1.29, 1.82) is 0 Å². The van der Waals surface area contributed by atoms with Crippen LogP contribution in [0.15, 0.2) is 0 Å². The summed E-state index contributed by atoms with van der Waals surface area (Å²) in [6, 6.07) is 0. The molecular weight excluding hydrogens is 228 g/mol. The van der Waals surface area contributed by atoms with Gasteiger partial charge in [-0.3, -0.25) is 4.79 Å². The van der Waals surface area contributed by atoms with Crippen molar-refractivity contribution in [2.75, 3.05) is 32.7 Å². The van der Waals surface area contributed by atoms with Crippen molar-refractivity contribution in [2.24, 2.45) is 11.8 Å². The molecule has 0 atom stereocenters. The molecule has 0 aliphatic heterocycles. The number of rotatable bonds is 8. The van der Waals surface area contributed by atoms with E-state index in [4.69, 9.17) is 5.11 Å². The number of hydrogen-bond acceptors (Lipinski definition) is 3. The van der Waals surface area contributed by atoms with Crippen molar-refractivity contribution in [2.45, 2.75) is 39.5 Å². The molecule has 0 unspecified atom stereocenters. The van der Waals surface area contributed by atoms with Crippen molar-refractivity contribution in [3.63, 3.8) is 0 Å². The molecule has 2 N–H and O–H groups in total. The second kappa shape index (κ2) is 8.48. The lowest BCUT2D eigenvalue weighted by Gasteiger charge is -2.26. The first kappa shape index (κ1) is 15.4. The van der Waals surface area contributed by atoms with Gasteiger partial charge in [-0.1, -0.05) is 13.8 Å². The van der Waals surface area contributed by atoms with Crippen LogP contribution in [0.25, 0.3) is 0 Å². The lowest BCUT2D eigenvalue weighted by Crippen LogP contribution is -2.35. The van der Waals surface area contributed by atoms with Crippen molar-refractivity contribution in [1.82, 2.24) is 10.2 Å². The largest absolute Gasteiger partial charge is 0.481 e. The molecule has 0 bridgehead atoms. The average molecular weight is 256 g/mol. The van der Waals surface area contributed by atoms with Crippen molar-refractivity contribution < 1.29 is 9.90 Å². The summed E-state index contributed by atoms with van der Waals surface area (Å²) in [5, 5.41) is 12.4. The molecule has 18 heavy (non-hydrogen) atoms. The van der Waals surface area contributed by atoms with E-state index in [0.29, 0.717) is 5.92 Å². The maximum atomic E-state index is 10.8. The number of nitrogens with zero attached hydrogens (tertiary/aromatic N) is 1. The Morgan fingerprint density at radius 3 is 2.33 bits per heavy atom. The molecule has 0 spiro atoms. The van der Waals surface area contributed by atoms with E-state index < -0.39 is 5.97 Å². The van der Waals surface area contributed by atoms with Gasteiger partial charge >= 0.3 is 5.97 Å². The van der Waals surface area contributed by atoms with Crippen LogP contribution in [0, 0.1) is 11.8 Å². The van der Waals surface area contributed by atoms with E-state index in [1.807, 2.05) is 0 Å². The highest BCUT2D eigenvalue weighted by Crippen LogP contribution is 2.28. The van der Waals surface area contributed by atoms with E-state index in [1.165, 1.54) is 0 Å². The molecule has 4 heteroatoms. The van der Waals surface area contributed by atoms with Gasteiger partial charge in [0.05, 0.1) is 5.92 Å². The van der Waals surface area contributed by atoms with Gasteiger partial charge in [-0.05, 0) is 51.2 Å². The fourth-order valence-corrected chi connectivity index (χ4v) is 2.70. The average Bonchev–Trinajstić information content (AvgIpc) is 2.39. The lowest BCUT2D eigenvalue weighted by molar-refractivity contribution is -0.143. The summed E-state index contributed by atoms with van der Waals surface area (Å²) < 4.78 is 0. The van der Waals surface area contributed by atoms with E-state index >= 15 is 0 Å². The molecule has 1 rings (SSSR count). The molecular formula is C14H28N2O2. The number of aliphatic carboxylic acids is 1. The van der Waals surface area contributed by atoms with E-state index in [1.54, 1.807) is 0 Å². The highest BCUT2D eigenvalue weighted by Gasteiger charge is 2.25. The monoisotopic (exact) mass is 256 g/mol. The number of carbonyl (C=O) groups is 1. The molecule has 106 valence electrons.